The zero-order valence-electron chi connectivity index (χ0n) is 16.8. The van der Waals surface area contributed by atoms with E-state index in [0.717, 1.165) is 25.7 Å². The number of carbonyl (C=O) groups excluding carboxylic acids is 2. The highest BCUT2D eigenvalue weighted by Gasteiger charge is 2.64. The molecular formula is C22H32O4. The summed E-state index contributed by atoms with van der Waals surface area (Å²) >= 11 is 0. The molecule has 1 heterocycles. The van der Waals surface area contributed by atoms with E-state index in [1.807, 2.05) is 12.2 Å². The van der Waals surface area contributed by atoms with Crippen molar-refractivity contribution in [1.82, 2.24) is 0 Å². The molecule has 144 valence electrons. The Balaban J connectivity index is 1.98. The van der Waals surface area contributed by atoms with Gasteiger partial charge in [-0.1, -0.05) is 26.0 Å². The van der Waals surface area contributed by atoms with Gasteiger partial charge in [0.1, 0.15) is 6.61 Å². The van der Waals surface area contributed by atoms with Gasteiger partial charge in [-0.15, -0.1) is 6.58 Å². The maximum absolute atomic E-state index is 13.1. The molecule has 0 N–H and O–H groups in total. The van der Waals surface area contributed by atoms with Gasteiger partial charge in [-0.05, 0) is 51.5 Å². The van der Waals surface area contributed by atoms with E-state index in [9.17, 15) is 9.59 Å². The SMILES string of the molecule is C=C[C@@]1(C)CC[C@@H]2[C@@]3(C)C(=O)C=C[C@@](C)(COC(C)=O)[C@@H]3CC[C@@]2(C)O1. The molecular weight excluding hydrogens is 328 g/mol. The van der Waals surface area contributed by atoms with Crippen LogP contribution < -0.4 is 0 Å². The fourth-order valence-electron chi connectivity index (χ4n) is 5.99. The van der Waals surface area contributed by atoms with Crippen molar-refractivity contribution in [2.24, 2.45) is 22.7 Å². The second kappa shape index (κ2) is 6.05. The minimum atomic E-state index is -0.501. The molecule has 0 unspecified atom stereocenters. The quantitative estimate of drug-likeness (QED) is 0.558. The van der Waals surface area contributed by atoms with Crippen molar-refractivity contribution in [2.45, 2.75) is 71.5 Å². The highest BCUT2D eigenvalue weighted by atomic mass is 16.5. The number of fused-ring (bicyclic) bond motifs is 3. The first-order valence-corrected chi connectivity index (χ1v) is 9.70. The van der Waals surface area contributed by atoms with E-state index in [-0.39, 0.29) is 40.2 Å². The minimum absolute atomic E-state index is 0.140. The van der Waals surface area contributed by atoms with Crippen molar-refractivity contribution in [1.29, 1.82) is 0 Å². The molecule has 1 saturated heterocycles. The molecule has 2 aliphatic carbocycles. The van der Waals surface area contributed by atoms with Gasteiger partial charge >= 0.3 is 5.97 Å². The zero-order valence-corrected chi connectivity index (χ0v) is 16.8. The van der Waals surface area contributed by atoms with Crippen LogP contribution in [0.15, 0.2) is 24.8 Å². The Kier molecular flexibility index (Phi) is 4.50. The molecule has 0 radical (unpaired) electrons. The van der Waals surface area contributed by atoms with E-state index in [4.69, 9.17) is 9.47 Å². The zero-order chi connectivity index (χ0) is 19.4. The summed E-state index contributed by atoms with van der Waals surface area (Å²) < 4.78 is 11.9. The Morgan fingerprint density at radius 1 is 1.27 bits per heavy atom. The molecule has 4 heteroatoms. The summed E-state index contributed by atoms with van der Waals surface area (Å²) in [4.78, 5) is 24.5. The molecule has 0 aromatic carbocycles. The third-order valence-corrected chi connectivity index (χ3v) is 7.47. The lowest BCUT2D eigenvalue weighted by atomic mass is 9.45. The van der Waals surface area contributed by atoms with Gasteiger partial charge in [-0.2, -0.15) is 0 Å². The van der Waals surface area contributed by atoms with Crippen LogP contribution in [-0.4, -0.2) is 29.6 Å². The van der Waals surface area contributed by atoms with Crippen LogP contribution in [0.1, 0.15) is 60.3 Å². The first-order chi connectivity index (χ1) is 12.0. The van der Waals surface area contributed by atoms with Crippen molar-refractivity contribution in [3.63, 3.8) is 0 Å². The van der Waals surface area contributed by atoms with Crippen LogP contribution in [-0.2, 0) is 19.1 Å². The van der Waals surface area contributed by atoms with E-state index in [2.05, 4.69) is 34.3 Å². The van der Waals surface area contributed by atoms with Crippen LogP contribution >= 0.6 is 0 Å². The summed E-state index contributed by atoms with van der Waals surface area (Å²) in [5.41, 5.74) is -1.49. The van der Waals surface area contributed by atoms with E-state index < -0.39 is 5.41 Å². The van der Waals surface area contributed by atoms with Gasteiger partial charge in [0, 0.05) is 23.7 Å². The number of ether oxygens (including phenoxy) is 2. The first-order valence-electron chi connectivity index (χ1n) is 9.70. The molecule has 0 spiro atoms. The predicted octanol–water partition coefficient (Wildman–Crippen LogP) is 4.24. The molecule has 6 atom stereocenters. The number of allylic oxidation sites excluding steroid dienone is 1. The fourth-order valence-corrected chi connectivity index (χ4v) is 5.99. The normalized spacial score (nSPS) is 47.7. The molecule has 0 aromatic rings. The van der Waals surface area contributed by atoms with Gasteiger partial charge in [-0.3, -0.25) is 9.59 Å². The Hall–Kier alpha value is -1.42. The van der Waals surface area contributed by atoms with E-state index in [1.54, 1.807) is 6.08 Å². The van der Waals surface area contributed by atoms with Crippen molar-refractivity contribution in [2.75, 3.05) is 6.61 Å². The lowest BCUT2D eigenvalue weighted by Crippen LogP contribution is -2.65. The highest BCUT2D eigenvalue weighted by Crippen LogP contribution is 2.63. The standard InChI is InChI=1S/C22H32O4/c1-7-20(4)12-8-17-21(5,26-20)13-9-16-19(3,14-25-15(2)23)11-10-18(24)22(16,17)6/h7,10-11,16-17H,1,8-9,12-14H2,2-6H3/t16-,17-,19-,20-,21+,22-/m0/s1. The van der Waals surface area contributed by atoms with Crippen LogP contribution in [0.3, 0.4) is 0 Å². The number of esters is 1. The summed E-state index contributed by atoms with van der Waals surface area (Å²) in [5, 5.41) is 0. The average molecular weight is 360 g/mol. The first kappa shape index (κ1) is 19.3. The Morgan fingerprint density at radius 2 is 1.92 bits per heavy atom. The number of hydrogen-bond acceptors (Lipinski definition) is 4. The van der Waals surface area contributed by atoms with Crippen molar-refractivity contribution < 1.29 is 19.1 Å². The minimum Gasteiger partial charge on any atom is -0.465 e. The lowest BCUT2D eigenvalue weighted by molar-refractivity contribution is -0.241. The molecule has 1 saturated carbocycles. The fraction of sp³-hybridized carbons (Fsp3) is 0.727. The molecule has 0 bridgehead atoms. The number of hydrogen-bond donors (Lipinski definition) is 0. The Labute approximate surface area is 157 Å². The molecule has 26 heavy (non-hydrogen) atoms. The summed E-state index contributed by atoms with van der Waals surface area (Å²) in [6.07, 6.45) is 9.17. The largest absolute Gasteiger partial charge is 0.465 e. The molecule has 0 amide bonds. The van der Waals surface area contributed by atoms with Gasteiger partial charge in [0.25, 0.3) is 0 Å². The summed E-state index contributed by atoms with van der Waals surface area (Å²) in [7, 11) is 0. The van der Waals surface area contributed by atoms with Gasteiger partial charge in [0.05, 0.1) is 11.2 Å². The second-order valence-electron chi connectivity index (χ2n) is 9.38. The van der Waals surface area contributed by atoms with Crippen LogP contribution in [0.5, 0.6) is 0 Å². The maximum Gasteiger partial charge on any atom is 0.302 e. The summed E-state index contributed by atoms with van der Waals surface area (Å²) in [5.74, 6) is 0.198. The molecule has 3 rings (SSSR count). The lowest BCUT2D eigenvalue weighted by Gasteiger charge is -2.63. The van der Waals surface area contributed by atoms with Crippen LogP contribution in [0, 0.1) is 22.7 Å². The molecule has 4 nitrogen and oxygen atoms in total. The van der Waals surface area contributed by atoms with E-state index in [0.29, 0.717) is 6.61 Å². The smallest absolute Gasteiger partial charge is 0.302 e. The highest BCUT2D eigenvalue weighted by molar-refractivity contribution is 5.96. The van der Waals surface area contributed by atoms with E-state index in [1.165, 1.54) is 6.92 Å². The number of rotatable bonds is 3. The third kappa shape index (κ3) is 2.77. The van der Waals surface area contributed by atoms with Crippen LogP contribution in [0.4, 0.5) is 0 Å². The topological polar surface area (TPSA) is 52.6 Å². The maximum atomic E-state index is 13.1. The Bertz CT molecular complexity index is 667. The summed E-state index contributed by atoms with van der Waals surface area (Å²) in [6, 6.07) is 0. The third-order valence-electron chi connectivity index (χ3n) is 7.47. The second-order valence-corrected chi connectivity index (χ2v) is 9.38. The van der Waals surface area contributed by atoms with Crippen molar-refractivity contribution in [3.8, 4) is 0 Å². The van der Waals surface area contributed by atoms with Crippen molar-refractivity contribution in [3.05, 3.63) is 24.8 Å². The predicted molar refractivity (Wildman–Crippen MR) is 101 cm³/mol. The van der Waals surface area contributed by atoms with Gasteiger partial charge in [0.2, 0.25) is 0 Å². The molecule has 2 fully saturated rings. The number of ketones is 1. The average Bonchev–Trinajstić information content (AvgIpc) is 2.56. The Morgan fingerprint density at radius 3 is 2.54 bits per heavy atom. The molecule has 1 aliphatic heterocycles. The molecule has 0 aromatic heterocycles. The van der Waals surface area contributed by atoms with Crippen LogP contribution in [0.2, 0.25) is 0 Å². The van der Waals surface area contributed by atoms with Gasteiger partial charge in [-0.25, -0.2) is 0 Å². The monoisotopic (exact) mass is 360 g/mol. The van der Waals surface area contributed by atoms with Gasteiger partial charge in [0.15, 0.2) is 5.78 Å². The van der Waals surface area contributed by atoms with Crippen molar-refractivity contribution >= 4 is 11.8 Å². The van der Waals surface area contributed by atoms with Crippen LogP contribution in [0.25, 0.3) is 0 Å². The van der Waals surface area contributed by atoms with E-state index >= 15 is 0 Å². The van der Waals surface area contributed by atoms with Gasteiger partial charge < -0.3 is 9.47 Å². The number of carbonyl (C=O) groups is 2. The summed E-state index contributed by atoms with van der Waals surface area (Å²) in [6.45, 7) is 14.2. The molecule has 3 aliphatic rings.